The van der Waals surface area contributed by atoms with E-state index in [9.17, 15) is 14.5 Å². The summed E-state index contributed by atoms with van der Waals surface area (Å²) in [6.07, 6.45) is 0. The first-order valence-corrected chi connectivity index (χ1v) is 13.4. The summed E-state index contributed by atoms with van der Waals surface area (Å²) in [5.74, 6) is -0.792. The molecule has 1 atom stereocenters. The van der Waals surface area contributed by atoms with Crippen LogP contribution in [0.4, 0.5) is 0 Å². The summed E-state index contributed by atoms with van der Waals surface area (Å²) in [4.78, 5) is 21.0. The quantitative estimate of drug-likeness (QED) is 0.208. The van der Waals surface area contributed by atoms with Crippen LogP contribution in [-0.4, -0.2) is 49.5 Å². The number of carbonyl (C=O) groups is 1. The van der Waals surface area contributed by atoms with E-state index in [1.54, 1.807) is 36.4 Å². The van der Waals surface area contributed by atoms with E-state index in [-0.39, 0.29) is 38.0 Å². The van der Waals surface area contributed by atoms with Gasteiger partial charge in [-0.15, -0.1) is 0 Å². The fourth-order valence-electron chi connectivity index (χ4n) is 3.27. The Hall–Kier alpha value is -2.14. The Morgan fingerprint density at radius 1 is 1.03 bits per heavy atom. The van der Waals surface area contributed by atoms with Crippen LogP contribution >= 0.6 is 46.9 Å². The lowest BCUT2D eigenvalue weighted by atomic mass is 10.0. The van der Waals surface area contributed by atoms with Crippen molar-refractivity contribution in [1.29, 1.82) is 0 Å². The van der Waals surface area contributed by atoms with Crippen LogP contribution in [0.5, 0.6) is 11.8 Å². The second kappa shape index (κ2) is 11.7. The van der Waals surface area contributed by atoms with Gasteiger partial charge in [0.2, 0.25) is 11.8 Å². The summed E-state index contributed by atoms with van der Waals surface area (Å²) in [5, 5.41) is 10.1. The third-order valence-electron chi connectivity index (χ3n) is 4.93. The van der Waals surface area contributed by atoms with Gasteiger partial charge in [0.15, 0.2) is 5.16 Å². The molecule has 0 saturated carbocycles. The molecule has 9 nitrogen and oxygen atoms in total. The minimum absolute atomic E-state index is 0.111. The number of methoxy groups -OCH3 is 2. The van der Waals surface area contributed by atoms with Crippen molar-refractivity contribution in [2.45, 2.75) is 15.7 Å². The van der Waals surface area contributed by atoms with Crippen LogP contribution < -0.4 is 9.47 Å². The molecule has 1 heterocycles. The Morgan fingerprint density at radius 2 is 1.60 bits per heavy atom. The molecule has 35 heavy (non-hydrogen) atoms. The zero-order valence-electron chi connectivity index (χ0n) is 19.0. The molecule has 0 spiro atoms. The Bertz CT molecular complexity index is 1250. The number of carboxylic acid groups (broad SMARTS) is 1. The number of carboxylic acids is 1. The summed E-state index contributed by atoms with van der Waals surface area (Å²) in [6.45, 7) is 0. The van der Waals surface area contributed by atoms with Crippen molar-refractivity contribution < 1.29 is 33.0 Å². The van der Waals surface area contributed by atoms with E-state index >= 15 is 0 Å². The highest BCUT2D eigenvalue weighted by Crippen LogP contribution is 2.64. The number of hydrogen-bond donors (Lipinski definition) is 1. The number of benzene rings is 2. The van der Waals surface area contributed by atoms with Crippen molar-refractivity contribution in [3.05, 3.63) is 68.7 Å². The number of ether oxygens (including phenoxy) is 2. The van der Waals surface area contributed by atoms with Crippen molar-refractivity contribution in [2.24, 2.45) is 0 Å². The van der Waals surface area contributed by atoms with Gasteiger partial charge in [0.25, 0.3) is 0 Å². The zero-order valence-corrected chi connectivity index (χ0v) is 23.1. The average molecular weight is 604 g/mol. The Morgan fingerprint density at radius 3 is 2.09 bits per heavy atom. The molecule has 0 aliphatic carbocycles. The van der Waals surface area contributed by atoms with Crippen LogP contribution in [0.15, 0.2) is 57.0 Å². The monoisotopic (exact) mass is 602 g/mol. The fourth-order valence-corrected chi connectivity index (χ4v) is 6.58. The summed E-state index contributed by atoms with van der Waals surface area (Å²) in [5.41, 5.74) is -0.351. The minimum atomic E-state index is -3.79. The van der Waals surface area contributed by atoms with Crippen LogP contribution in [0.1, 0.15) is 27.1 Å². The van der Waals surface area contributed by atoms with Gasteiger partial charge in [-0.2, -0.15) is 9.97 Å². The molecule has 0 radical (unpaired) electrons. The second-order valence-electron chi connectivity index (χ2n) is 6.84. The molecular formula is C22H21BrClN2O7PS. The third kappa shape index (κ3) is 5.99. The minimum Gasteiger partial charge on any atom is -0.481 e. The number of halogens is 2. The number of aromatic carboxylic acids is 1. The predicted octanol–water partition coefficient (Wildman–Crippen LogP) is 6.33. The maximum atomic E-state index is 13.6. The molecule has 1 N–H and O–H groups in total. The normalized spacial score (nSPS) is 12.3. The van der Waals surface area contributed by atoms with Crippen molar-refractivity contribution in [2.75, 3.05) is 28.4 Å². The Balaban J connectivity index is 2.18. The van der Waals surface area contributed by atoms with Gasteiger partial charge in [-0.1, -0.05) is 45.7 Å². The van der Waals surface area contributed by atoms with Crippen LogP contribution in [0.25, 0.3) is 0 Å². The molecule has 2 aromatic carbocycles. The van der Waals surface area contributed by atoms with Crippen LogP contribution in [0.3, 0.4) is 0 Å². The van der Waals surface area contributed by atoms with Crippen molar-refractivity contribution in [3.8, 4) is 11.8 Å². The molecular weight excluding hydrogens is 583 g/mol. The molecule has 0 aliphatic heterocycles. The van der Waals surface area contributed by atoms with E-state index in [4.69, 9.17) is 30.1 Å². The maximum Gasteiger partial charge on any atom is 0.341 e. The summed E-state index contributed by atoms with van der Waals surface area (Å²) in [6, 6.07) is 11.6. The van der Waals surface area contributed by atoms with Crippen LogP contribution in [0.2, 0.25) is 5.02 Å². The largest absolute Gasteiger partial charge is 0.481 e. The van der Waals surface area contributed by atoms with Crippen molar-refractivity contribution in [1.82, 2.24) is 9.97 Å². The van der Waals surface area contributed by atoms with Gasteiger partial charge in [-0.05, 0) is 41.1 Å². The van der Waals surface area contributed by atoms with E-state index in [1.807, 2.05) is 0 Å². The maximum absolute atomic E-state index is 13.6. The first-order valence-electron chi connectivity index (χ1n) is 9.84. The van der Waals surface area contributed by atoms with Gasteiger partial charge < -0.3 is 23.6 Å². The van der Waals surface area contributed by atoms with Gasteiger partial charge in [-0.25, -0.2) is 4.79 Å². The molecule has 0 aliphatic rings. The second-order valence-corrected chi connectivity index (χ2v) is 11.5. The van der Waals surface area contributed by atoms with E-state index in [0.717, 1.165) is 16.2 Å². The molecule has 0 fully saturated rings. The van der Waals surface area contributed by atoms with Crippen LogP contribution in [0, 0.1) is 0 Å². The van der Waals surface area contributed by atoms with Gasteiger partial charge in [-0.3, -0.25) is 4.57 Å². The smallest absolute Gasteiger partial charge is 0.341 e. The molecule has 1 unspecified atom stereocenters. The Kier molecular flexibility index (Phi) is 9.20. The van der Waals surface area contributed by atoms with Gasteiger partial charge in [0, 0.05) is 23.6 Å². The summed E-state index contributed by atoms with van der Waals surface area (Å²) >= 11 is 11.0. The van der Waals surface area contributed by atoms with E-state index in [1.165, 1.54) is 34.5 Å². The third-order valence-corrected chi connectivity index (χ3v) is 9.02. The number of rotatable bonds is 10. The fraction of sp³-hybridized carbons (Fsp3) is 0.227. The SMILES string of the molecule is COc1cc(OC)nc(Sc2ccc(C(c3ccc(Br)cc3)P(=O)(OC)OC)c(Cl)c2C(=O)O)n1. The number of hydrogen-bond acceptors (Lipinski definition) is 9. The molecule has 0 amide bonds. The lowest BCUT2D eigenvalue weighted by molar-refractivity contribution is 0.0693. The molecule has 3 aromatic rings. The summed E-state index contributed by atoms with van der Waals surface area (Å²) < 4.78 is 35.3. The van der Waals surface area contributed by atoms with Gasteiger partial charge in [0.1, 0.15) is 5.66 Å². The number of nitrogens with zero attached hydrogens (tertiary/aromatic N) is 2. The van der Waals surface area contributed by atoms with E-state index in [2.05, 4.69) is 25.9 Å². The average Bonchev–Trinajstić information content (AvgIpc) is 2.85. The molecule has 186 valence electrons. The summed E-state index contributed by atoms with van der Waals surface area (Å²) in [7, 11) is 1.62. The molecule has 13 heteroatoms. The standard InChI is InChI=1S/C22H21BrClN2O7PS/c1-30-16-11-17(31-2)26-22(25-16)35-15-10-9-14(19(24)18(15)21(27)28)20(34(29,32-3)33-4)12-5-7-13(23)8-6-12/h5-11,20H,1-4H3,(H,27,28). The highest BCUT2D eigenvalue weighted by atomic mass is 79.9. The first-order chi connectivity index (χ1) is 16.7. The highest BCUT2D eigenvalue weighted by Gasteiger charge is 2.39. The number of aromatic nitrogens is 2. The van der Waals surface area contributed by atoms with E-state index in [0.29, 0.717) is 5.56 Å². The molecule has 0 bridgehead atoms. The van der Waals surface area contributed by atoms with E-state index < -0.39 is 19.2 Å². The lowest BCUT2D eigenvalue weighted by Gasteiger charge is -2.26. The molecule has 0 saturated heterocycles. The van der Waals surface area contributed by atoms with Crippen molar-refractivity contribution in [3.63, 3.8) is 0 Å². The predicted molar refractivity (Wildman–Crippen MR) is 135 cm³/mol. The molecule has 1 aromatic heterocycles. The topological polar surface area (TPSA) is 117 Å². The van der Waals surface area contributed by atoms with Gasteiger partial charge >= 0.3 is 13.6 Å². The Labute approximate surface area is 219 Å². The van der Waals surface area contributed by atoms with Crippen LogP contribution in [-0.2, 0) is 13.6 Å². The zero-order chi connectivity index (χ0) is 25.8. The molecule has 3 rings (SSSR count). The lowest BCUT2D eigenvalue weighted by Crippen LogP contribution is -2.10. The first kappa shape index (κ1) is 27.4. The van der Waals surface area contributed by atoms with Crippen molar-refractivity contribution >= 4 is 52.9 Å². The highest BCUT2D eigenvalue weighted by molar-refractivity contribution is 9.10. The van der Waals surface area contributed by atoms with Gasteiger partial charge in [0.05, 0.1) is 30.9 Å².